The molecule has 1 N–H and O–H groups in total. The fraction of sp³-hybridized carbons (Fsp3) is 0.526. The predicted octanol–water partition coefficient (Wildman–Crippen LogP) is 4.05. The highest BCUT2D eigenvalue weighted by molar-refractivity contribution is 6.17. The number of benzene rings is 1. The highest BCUT2D eigenvalue weighted by Crippen LogP contribution is 2.30. The first kappa shape index (κ1) is 16.4. The van der Waals surface area contributed by atoms with Crippen LogP contribution in [0.25, 0.3) is 10.9 Å². The Balaban J connectivity index is 1.67. The summed E-state index contributed by atoms with van der Waals surface area (Å²) >= 11 is 5.65. The summed E-state index contributed by atoms with van der Waals surface area (Å²) in [6, 6.07) is 8.67. The molecule has 0 spiro atoms. The first-order valence-corrected chi connectivity index (χ1v) is 9.26. The van der Waals surface area contributed by atoms with E-state index in [0.29, 0.717) is 12.3 Å². The van der Waals surface area contributed by atoms with Crippen LogP contribution in [-0.4, -0.2) is 22.9 Å². The molecule has 1 aliphatic heterocycles. The van der Waals surface area contributed by atoms with E-state index >= 15 is 0 Å². The van der Waals surface area contributed by atoms with E-state index in [4.69, 9.17) is 11.6 Å². The maximum Gasteiger partial charge on any atom is 0.220 e. The Morgan fingerprint density at radius 3 is 2.96 bits per heavy atom. The lowest BCUT2D eigenvalue weighted by molar-refractivity contribution is -0.121. The van der Waals surface area contributed by atoms with Crippen LogP contribution in [0.4, 0.5) is 0 Å². The summed E-state index contributed by atoms with van der Waals surface area (Å²) in [6.45, 7) is 1.85. The lowest BCUT2D eigenvalue weighted by Crippen LogP contribution is -2.25. The maximum atomic E-state index is 11.8. The van der Waals surface area contributed by atoms with Crippen molar-refractivity contribution in [3.63, 3.8) is 0 Å². The second-order valence-electron chi connectivity index (χ2n) is 6.30. The molecular formula is C19H25ClN2O. The van der Waals surface area contributed by atoms with Gasteiger partial charge in [0.1, 0.15) is 0 Å². The van der Waals surface area contributed by atoms with E-state index in [9.17, 15) is 4.79 Å². The highest BCUT2D eigenvalue weighted by Gasteiger charge is 2.19. The molecule has 2 aromatic rings. The van der Waals surface area contributed by atoms with Crippen molar-refractivity contribution in [2.75, 3.05) is 12.4 Å². The van der Waals surface area contributed by atoms with E-state index in [1.165, 1.54) is 35.0 Å². The number of para-hydroxylation sites is 1. The normalized spacial score (nSPS) is 14.0. The molecule has 0 radical (unpaired) electrons. The molecule has 3 nitrogen and oxygen atoms in total. The SMILES string of the molecule is O=C(CCCCCl)NCCc1c2n(c3ccccc13)CCCC2. The van der Waals surface area contributed by atoms with Gasteiger partial charge in [-0.2, -0.15) is 0 Å². The first-order valence-electron chi connectivity index (χ1n) is 8.73. The number of halogens is 1. The monoisotopic (exact) mass is 332 g/mol. The average Bonchev–Trinajstić information content (AvgIpc) is 2.90. The number of hydrogen-bond acceptors (Lipinski definition) is 1. The molecule has 124 valence electrons. The molecule has 1 aromatic carbocycles. The zero-order valence-corrected chi connectivity index (χ0v) is 14.4. The number of amides is 1. The van der Waals surface area contributed by atoms with Crippen LogP contribution in [0, 0.1) is 0 Å². The molecule has 1 aromatic heterocycles. The smallest absolute Gasteiger partial charge is 0.220 e. The summed E-state index contributed by atoms with van der Waals surface area (Å²) in [6.07, 6.45) is 6.99. The molecule has 1 amide bonds. The molecule has 23 heavy (non-hydrogen) atoms. The Labute approximate surface area is 143 Å². The average molecular weight is 333 g/mol. The number of alkyl halides is 1. The van der Waals surface area contributed by atoms with Crippen LogP contribution < -0.4 is 5.32 Å². The molecule has 0 fully saturated rings. The minimum Gasteiger partial charge on any atom is -0.356 e. The Morgan fingerprint density at radius 1 is 1.22 bits per heavy atom. The Morgan fingerprint density at radius 2 is 2.09 bits per heavy atom. The quantitative estimate of drug-likeness (QED) is 0.602. The van der Waals surface area contributed by atoms with Crippen LogP contribution in [0.15, 0.2) is 24.3 Å². The van der Waals surface area contributed by atoms with Crippen molar-refractivity contribution in [1.82, 2.24) is 9.88 Å². The fourth-order valence-corrected chi connectivity index (χ4v) is 3.79. The molecule has 0 saturated carbocycles. The number of nitrogens with zero attached hydrogens (tertiary/aromatic N) is 1. The zero-order valence-electron chi connectivity index (χ0n) is 13.6. The van der Waals surface area contributed by atoms with Crippen molar-refractivity contribution in [3.05, 3.63) is 35.5 Å². The number of carbonyl (C=O) groups is 1. The number of carbonyl (C=O) groups excluding carboxylic acids is 1. The summed E-state index contributed by atoms with van der Waals surface area (Å²) in [5.74, 6) is 0.781. The van der Waals surface area contributed by atoms with E-state index in [-0.39, 0.29) is 5.91 Å². The number of rotatable bonds is 7. The summed E-state index contributed by atoms with van der Waals surface area (Å²) < 4.78 is 2.48. The van der Waals surface area contributed by atoms with Crippen molar-refractivity contribution < 1.29 is 4.79 Å². The van der Waals surface area contributed by atoms with Crippen LogP contribution in [0.2, 0.25) is 0 Å². The van der Waals surface area contributed by atoms with Gasteiger partial charge in [0.2, 0.25) is 5.91 Å². The van der Waals surface area contributed by atoms with Crippen LogP contribution in [0.5, 0.6) is 0 Å². The Kier molecular flexibility index (Phi) is 5.60. The number of unbranched alkanes of at least 4 members (excludes halogenated alkanes) is 1. The molecule has 0 atom stereocenters. The van der Waals surface area contributed by atoms with Gasteiger partial charge in [0.15, 0.2) is 0 Å². The molecule has 0 unspecified atom stereocenters. The van der Waals surface area contributed by atoms with Gasteiger partial charge in [0.25, 0.3) is 0 Å². The van der Waals surface area contributed by atoms with Gasteiger partial charge in [0, 0.05) is 42.0 Å². The molecule has 3 rings (SSSR count). The summed E-state index contributed by atoms with van der Waals surface area (Å²) in [4.78, 5) is 11.8. The Bertz CT molecular complexity index is 677. The minimum absolute atomic E-state index is 0.146. The molecule has 1 aliphatic rings. The van der Waals surface area contributed by atoms with Gasteiger partial charge in [-0.1, -0.05) is 18.2 Å². The van der Waals surface area contributed by atoms with Crippen LogP contribution >= 0.6 is 11.6 Å². The van der Waals surface area contributed by atoms with E-state index < -0.39 is 0 Å². The van der Waals surface area contributed by atoms with Crippen molar-refractivity contribution >= 4 is 28.4 Å². The summed E-state index contributed by atoms with van der Waals surface area (Å²) in [5, 5.41) is 4.42. The second kappa shape index (κ2) is 7.87. The largest absolute Gasteiger partial charge is 0.356 e. The predicted molar refractivity (Wildman–Crippen MR) is 96.2 cm³/mol. The molecule has 0 saturated heterocycles. The van der Waals surface area contributed by atoms with Crippen molar-refractivity contribution in [3.8, 4) is 0 Å². The third-order valence-corrected chi connectivity index (χ3v) is 4.99. The number of aryl methyl sites for hydroxylation is 1. The lowest BCUT2D eigenvalue weighted by Gasteiger charge is -2.17. The van der Waals surface area contributed by atoms with Gasteiger partial charge in [-0.3, -0.25) is 4.79 Å². The number of aromatic nitrogens is 1. The summed E-state index contributed by atoms with van der Waals surface area (Å²) in [7, 11) is 0. The van der Waals surface area contributed by atoms with Crippen molar-refractivity contribution in [2.45, 2.75) is 51.5 Å². The van der Waals surface area contributed by atoms with E-state index in [2.05, 4.69) is 34.1 Å². The third kappa shape index (κ3) is 3.72. The summed E-state index contributed by atoms with van der Waals surface area (Å²) in [5.41, 5.74) is 4.26. The van der Waals surface area contributed by atoms with Gasteiger partial charge >= 0.3 is 0 Å². The van der Waals surface area contributed by atoms with Gasteiger partial charge in [0.05, 0.1) is 0 Å². The standard InChI is InChI=1S/C19H25ClN2O/c20-12-5-3-10-19(23)21-13-11-16-15-7-1-2-8-17(15)22-14-6-4-9-18(16)22/h1-2,7-8H,3-6,9-14H2,(H,21,23). The maximum absolute atomic E-state index is 11.8. The molecular weight excluding hydrogens is 308 g/mol. The highest BCUT2D eigenvalue weighted by atomic mass is 35.5. The second-order valence-corrected chi connectivity index (χ2v) is 6.68. The molecule has 0 bridgehead atoms. The number of nitrogens with one attached hydrogen (secondary N) is 1. The number of hydrogen-bond donors (Lipinski definition) is 1. The van der Waals surface area contributed by atoms with Crippen molar-refractivity contribution in [1.29, 1.82) is 0 Å². The van der Waals surface area contributed by atoms with Gasteiger partial charge in [-0.15, -0.1) is 11.6 Å². The van der Waals surface area contributed by atoms with Crippen LogP contribution in [0.1, 0.15) is 43.4 Å². The topological polar surface area (TPSA) is 34.0 Å². The van der Waals surface area contributed by atoms with Crippen molar-refractivity contribution in [2.24, 2.45) is 0 Å². The van der Waals surface area contributed by atoms with E-state index in [1.54, 1.807) is 0 Å². The number of fused-ring (bicyclic) bond motifs is 3. The van der Waals surface area contributed by atoms with Gasteiger partial charge in [-0.25, -0.2) is 0 Å². The van der Waals surface area contributed by atoms with E-state index in [0.717, 1.165) is 38.8 Å². The first-order chi connectivity index (χ1) is 11.3. The van der Waals surface area contributed by atoms with E-state index in [1.807, 2.05) is 0 Å². The zero-order chi connectivity index (χ0) is 16.1. The minimum atomic E-state index is 0.146. The molecule has 0 aliphatic carbocycles. The van der Waals surface area contributed by atoms with Crippen LogP contribution in [0.3, 0.4) is 0 Å². The van der Waals surface area contributed by atoms with Crippen LogP contribution in [-0.2, 0) is 24.2 Å². The van der Waals surface area contributed by atoms with Gasteiger partial charge < -0.3 is 9.88 Å². The molecule has 2 heterocycles. The fourth-order valence-electron chi connectivity index (χ4n) is 3.61. The van der Waals surface area contributed by atoms with Gasteiger partial charge in [-0.05, 0) is 50.2 Å². The third-order valence-electron chi connectivity index (χ3n) is 4.72. The molecule has 4 heteroatoms. The lowest BCUT2D eigenvalue weighted by atomic mass is 10.0. The Hall–Kier alpha value is -1.48.